The van der Waals surface area contributed by atoms with Gasteiger partial charge in [-0.1, -0.05) is 11.6 Å². The summed E-state index contributed by atoms with van der Waals surface area (Å²) in [6, 6.07) is 15.0. The van der Waals surface area contributed by atoms with Crippen LogP contribution in [0.3, 0.4) is 0 Å². The third-order valence-corrected chi connectivity index (χ3v) is 7.61. The number of methoxy groups -OCH3 is 1. The SMILES string of the molecule is COc1ccc(S(=O)(=O)N2CCCc3cc(NC(=O)c4ccc(Cl)c([N+](=O)[O-])c4)ccc32)cc1. The second-order valence-corrected chi connectivity index (χ2v) is 9.85. The van der Waals surface area contributed by atoms with Crippen LogP contribution in [0.5, 0.6) is 5.75 Å². The zero-order valence-electron chi connectivity index (χ0n) is 18.0. The van der Waals surface area contributed by atoms with Crippen molar-refractivity contribution in [1.29, 1.82) is 0 Å². The summed E-state index contributed by atoms with van der Waals surface area (Å²) in [5.41, 5.74) is 1.48. The molecule has 1 aliphatic heterocycles. The van der Waals surface area contributed by atoms with Crippen molar-refractivity contribution in [3.05, 3.63) is 86.9 Å². The molecule has 0 spiro atoms. The lowest BCUT2D eigenvalue weighted by molar-refractivity contribution is -0.384. The fraction of sp³-hybridized carbons (Fsp3) is 0.174. The number of fused-ring (bicyclic) bond motifs is 1. The second kappa shape index (κ2) is 9.32. The van der Waals surface area contributed by atoms with Gasteiger partial charge in [0.2, 0.25) is 0 Å². The number of halogens is 1. The van der Waals surface area contributed by atoms with Gasteiger partial charge in [-0.05, 0) is 73.0 Å². The minimum atomic E-state index is -3.78. The Morgan fingerprint density at radius 3 is 2.53 bits per heavy atom. The minimum Gasteiger partial charge on any atom is -0.497 e. The number of nitro benzene ring substituents is 1. The molecule has 4 rings (SSSR count). The molecule has 9 nitrogen and oxygen atoms in total. The number of ether oxygens (including phenoxy) is 1. The highest BCUT2D eigenvalue weighted by Gasteiger charge is 2.29. The number of sulfonamides is 1. The van der Waals surface area contributed by atoms with Crippen molar-refractivity contribution in [3.63, 3.8) is 0 Å². The van der Waals surface area contributed by atoms with E-state index in [4.69, 9.17) is 16.3 Å². The number of rotatable bonds is 6. The van der Waals surface area contributed by atoms with Gasteiger partial charge in [0, 0.05) is 23.9 Å². The molecular formula is C23H20ClN3O6S. The summed E-state index contributed by atoms with van der Waals surface area (Å²) >= 11 is 5.81. The number of nitro groups is 1. The van der Waals surface area contributed by atoms with Gasteiger partial charge in [-0.15, -0.1) is 0 Å². The fourth-order valence-electron chi connectivity index (χ4n) is 3.76. The van der Waals surface area contributed by atoms with Gasteiger partial charge in [-0.2, -0.15) is 0 Å². The molecule has 0 saturated carbocycles. The molecule has 0 atom stereocenters. The third-order valence-electron chi connectivity index (χ3n) is 5.47. The molecule has 1 aliphatic rings. The van der Waals surface area contributed by atoms with Crippen molar-refractivity contribution >= 4 is 44.6 Å². The van der Waals surface area contributed by atoms with Crippen molar-refractivity contribution < 1.29 is 22.9 Å². The van der Waals surface area contributed by atoms with Gasteiger partial charge in [-0.3, -0.25) is 19.2 Å². The highest BCUT2D eigenvalue weighted by molar-refractivity contribution is 7.92. The van der Waals surface area contributed by atoms with Crippen molar-refractivity contribution in [2.75, 3.05) is 23.3 Å². The Kier molecular flexibility index (Phi) is 6.45. The summed E-state index contributed by atoms with van der Waals surface area (Å²) < 4.78 is 33.0. The quantitative estimate of drug-likeness (QED) is 0.388. The molecule has 0 aromatic heterocycles. The number of nitrogens with one attached hydrogen (secondary N) is 1. The van der Waals surface area contributed by atoms with E-state index in [1.807, 2.05) is 0 Å². The van der Waals surface area contributed by atoms with Crippen LogP contribution in [0.1, 0.15) is 22.3 Å². The molecule has 0 saturated heterocycles. The van der Waals surface area contributed by atoms with Gasteiger partial charge in [0.1, 0.15) is 10.8 Å². The van der Waals surface area contributed by atoms with E-state index in [0.29, 0.717) is 36.5 Å². The fourth-order valence-corrected chi connectivity index (χ4v) is 5.49. The average molecular weight is 502 g/mol. The number of anilines is 2. The largest absolute Gasteiger partial charge is 0.497 e. The van der Waals surface area contributed by atoms with Crippen LogP contribution in [0.15, 0.2) is 65.6 Å². The summed E-state index contributed by atoms with van der Waals surface area (Å²) in [6.45, 7) is 0.335. The van der Waals surface area contributed by atoms with Crippen LogP contribution in [0.2, 0.25) is 5.02 Å². The normalized spacial score (nSPS) is 13.2. The van der Waals surface area contributed by atoms with Crippen LogP contribution in [0.4, 0.5) is 17.1 Å². The first-order chi connectivity index (χ1) is 16.2. The average Bonchev–Trinajstić information content (AvgIpc) is 2.83. The van der Waals surface area contributed by atoms with Gasteiger partial charge in [0.15, 0.2) is 0 Å². The van der Waals surface area contributed by atoms with E-state index in [1.54, 1.807) is 30.3 Å². The van der Waals surface area contributed by atoms with Gasteiger partial charge in [0.05, 0.1) is 22.6 Å². The zero-order valence-corrected chi connectivity index (χ0v) is 19.6. The Balaban J connectivity index is 1.59. The molecule has 0 bridgehead atoms. The molecule has 0 radical (unpaired) electrons. The monoisotopic (exact) mass is 501 g/mol. The number of amides is 1. The predicted octanol–water partition coefficient (Wildman–Crippen LogP) is 4.65. The Hall–Kier alpha value is -3.63. The lowest BCUT2D eigenvalue weighted by atomic mass is 10.0. The van der Waals surface area contributed by atoms with Gasteiger partial charge < -0.3 is 10.1 Å². The van der Waals surface area contributed by atoms with E-state index in [0.717, 1.165) is 11.6 Å². The smallest absolute Gasteiger partial charge is 0.288 e. The number of aryl methyl sites for hydroxylation is 1. The molecule has 1 amide bonds. The Morgan fingerprint density at radius 1 is 1.12 bits per heavy atom. The van der Waals surface area contributed by atoms with E-state index in [-0.39, 0.29) is 21.2 Å². The first-order valence-electron chi connectivity index (χ1n) is 10.3. The Labute approximate surface area is 201 Å². The van der Waals surface area contributed by atoms with E-state index in [2.05, 4.69) is 5.32 Å². The first-order valence-corrected chi connectivity index (χ1v) is 12.1. The highest BCUT2D eigenvalue weighted by atomic mass is 35.5. The molecule has 0 unspecified atom stereocenters. The maximum Gasteiger partial charge on any atom is 0.288 e. The number of carbonyl (C=O) groups excluding carboxylic acids is 1. The third kappa shape index (κ3) is 4.55. The van der Waals surface area contributed by atoms with E-state index >= 15 is 0 Å². The molecule has 11 heteroatoms. The number of hydrogen-bond acceptors (Lipinski definition) is 6. The molecule has 1 heterocycles. The highest BCUT2D eigenvalue weighted by Crippen LogP contribution is 2.34. The van der Waals surface area contributed by atoms with Gasteiger partial charge in [0.25, 0.3) is 21.6 Å². The lowest BCUT2D eigenvalue weighted by Gasteiger charge is -2.31. The van der Waals surface area contributed by atoms with Crippen molar-refractivity contribution in [2.45, 2.75) is 17.7 Å². The molecule has 34 heavy (non-hydrogen) atoms. The molecular weight excluding hydrogens is 482 g/mol. The van der Waals surface area contributed by atoms with Gasteiger partial charge in [-0.25, -0.2) is 8.42 Å². The van der Waals surface area contributed by atoms with Crippen LogP contribution in [-0.4, -0.2) is 32.9 Å². The Morgan fingerprint density at radius 2 is 1.85 bits per heavy atom. The van der Waals surface area contributed by atoms with Crippen molar-refractivity contribution in [1.82, 2.24) is 0 Å². The molecule has 3 aromatic carbocycles. The number of carbonyl (C=O) groups is 1. The first kappa shape index (κ1) is 23.5. The van der Waals surface area contributed by atoms with Gasteiger partial charge >= 0.3 is 0 Å². The number of nitrogens with zero attached hydrogens (tertiary/aromatic N) is 2. The summed E-state index contributed by atoms with van der Waals surface area (Å²) in [7, 11) is -2.27. The second-order valence-electron chi connectivity index (χ2n) is 7.58. The summed E-state index contributed by atoms with van der Waals surface area (Å²) in [6.07, 6.45) is 1.25. The van der Waals surface area contributed by atoms with E-state index in [1.165, 1.54) is 35.7 Å². The van der Waals surface area contributed by atoms with E-state index in [9.17, 15) is 23.3 Å². The number of benzene rings is 3. The molecule has 0 fully saturated rings. The molecule has 0 aliphatic carbocycles. The summed E-state index contributed by atoms with van der Waals surface area (Å²) in [5.74, 6) is 0.0163. The summed E-state index contributed by atoms with van der Waals surface area (Å²) in [5, 5.41) is 13.7. The predicted molar refractivity (Wildman–Crippen MR) is 128 cm³/mol. The maximum absolute atomic E-state index is 13.3. The zero-order chi connectivity index (χ0) is 24.5. The topological polar surface area (TPSA) is 119 Å². The molecule has 176 valence electrons. The summed E-state index contributed by atoms with van der Waals surface area (Å²) in [4.78, 5) is 23.2. The van der Waals surface area contributed by atoms with Crippen LogP contribution in [0.25, 0.3) is 0 Å². The van der Waals surface area contributed by atoms with Crippen LogP contribution >= 0.6 is 11.6 Å². The molecule has 1 N–H and O–H groups in total. The van der Waals surface area contributed by atoms with Crippen LogP contribution in [-0.2, 0) is 16.4 Å². The van der Waals surface area contributed by atoms with E-state index < -0.39 is 20.9 Å². The minimum absolute atomic E-state index is 0.0616. The molecule has 3 aromatic rings. The number of hydrogen-bond donors (Lipinski definition) is 1. The standard InChI is InChI=1S/C23H20ClN3O6S/c1-33-18-6-8-19(9-7-18)34(31,32)26-12-2-3-15-13-17(5-11-21(15)26)25-23(28)16-4-10-20(24)22(14-16)27(29)30/h4-11,13-14H,2-3,12H2,1H3,(H,25,28). The van der Waals surface area contributed by atoms with Crippen LogP contribution in [0, 0.1) is 10.1 Å². The van der Waals surface area contributed by atoms with Crippen molar-refractivity contribution in [2.24, 2.45) is 0 Å². The van der Waals surface area contributed by atoms with Crippen LogP contribution < -0.4 is 14.4 Å². The lowest BCUT2D eigenvalue weighted by Crippen LogP contribution is -2.35. The Bertz CT molecular complexity index is 1380. The maximum atomic E-state index is 13.3. The van der Waals surface area contributed by atoms with Crippen molar-refractivity contribution in [3.8, 4) is 5.75 Å².